The monoisotopic (exact) mass is 1000 g/mol. The summed E-state index contributed by atoms with van der Waals surface area (Å²) in [6.07, 6.45) is 56.9. The quantitative estimate of drug-likeness (QED) is 0.0197. The van der Waals surface area contributed by atoms with Gasteiger partial charge in [-0.1, -0.05) is 181 Å². The molecule has 6 unspecified atom stereocenters. The van der Waals surface area contributed by atoms with Gasteiger partial charge in [-0.15, -0.1) is 0 Å². The van der Waals surface area contributed by atoms with E-state index in [2.05, 4.69) is 127 Å². The Balaban J connectivity index is 2.40. The number of hydrogen-bond acceptors (Lipinski definition) is 11. The summed E-state index contributed by atoms with van der Waals surface area (Å²) in [5.74, 6) is -0.423. The van der Waals surface area contributed by atoms with E-state index in [1.807, 2.05) is 0 Å². The summed E-state index contributed by atoms with van der Waals surface area (Å²) < 4.78 is 59.2. The normalized spacial score (nSPS) is 20.0. The highest BCUT2D eigenvalue weighted by molar-refractivity contribution is 7.80. The Kier molecular flexibility index (Phi) is 43.3. The topological polar surface area (TPSA) is 178 Å². The van der Waals surface area contributed by atoms with Gasteiger partial charge in [0.25, 0.3) is 0 Å². The number of allylic oxidation sites excluding steroid dienone is 18. The van der Waals surface area contributed by atoms with Crippen LogP contribution in [0.5, 0.6) is 0 Å². The summed E-state index contributed by atoms with van der Waals surface area (Å²) in [5.41, 5.74) is 0. The lowest BCUT2D eigenvalue weighted by molar-refractivity contribution is -0.301. The Morgan fingerprint density at radius 1 is 0.557 bits per heavy atom. The van der Waals surface area contributed by atoms with Gasteiger partial charge in [0.2, 0.25) is 0 Å². The number of esters is 1. The molecule has 1 aliphatic heterocycles. The highest BCUT2D eigenvalue weighted by Crippen LogP contribution is 2.26. The largest absolute Gasteiger partial charge is 0.457 e. The Hall–Kier alpha value is -3.24. The minimum atomic E-state index is -5.08. The fourth-order valence-corrected chi connectivity index (χ4v) is 7.90. The van der Waals surface area contributed by atoms with E-state index in [0.717, 1.165) is 96.3 Å². The Bertz CT molecular complexity index is 1630. The molecule has 4 N–H and O–H groups in total. The molecule has 13 heteroatoms. The lowest BCUT2D eigenvalue weighted by Gasteiger charge is -2.41. The zero-order valence-corrected chi connectivity index (χ0v) is 43.8. The molecule has 0 bridgehead atoms. The molecule has 1 fully saturated rings. The maximum Gasteiger partial charge on any atom is 0.397 e. The van der Waals surface area contributed by atoms with Gasteiger partial charge in [0.1, 0.15) is 30.5 Å². The molecule has 6 atom stereocenters. The third-order valence-corrected chi connectivity index (χ3v) is 11.8. The predicted octanol–water partition coefficient (Wildman–Crippen LogP) is 12.7. The van der Waals surface area contributed by atoms with Crippen molar-refractivity contribution in [1.29, 1.82) is 0 Å². The molecule has 1 rings (SSSR count). The van der Waals surface area contributed by atoms with Crippen molar-refractivity contribution >= 4 is 16.4 Å². The molecule has 0 aromatic heterocycles. The van der Waals surface area contributed by atoms with E-state index in [0.29, 0.717) is 13.0 Å². The van der Waals surface area contributed by atoms with Crippen molar-refractivity contribution < 1.29 is 56.2 Å². The standard InChI is InChI=1S/C57H94O12S/c1-3-5-7-9-11-13-15-17-19-21-23-24-25-26-27-29-31-33-35-37-39-41-43-45-47-65-49-51(50-66-57-55(61)56(69-70(62,63)64)54(60)52(48-58)68-57)67-53(59)46-44-42-40-38-36-34-32-30-28-22-20-18-16-14-12-10-8-6-4-2/h5,7,11-14,17-20,23-24,26-27,31,33,37,39,51-52,54-58,60-61H,3-4,6,8-10,15-16,21-22,25,28-30,32,34-36,38,40-50H2,1-2H3,(H,62,63,64)/b7-5-,13-11-,14-12-,19-17-,20-18-,24-23-,27-26-,33-31-,39-37-. The van der Waals surface area contributed by atoms with Gasteiger partial charge in [-0.3, -0.25) is 9.35 Å². The molecule has 400 valence electrons. The first-order valence-electron chi connectivity index (χ1n) is 26.6. The van der Waals surface area contributed by atoms with E-state index >= 15 is 0 Å². The number of carbonyl (C=O) groups excluding carboxylic acids is 1. The zero-order chi connectivity index (χ0) is 51.0. The van der Waals surface area contributed by atoms with E-state index < -0.39 is 59.8 Å². The molecule has 0 aromatic carbocycles. The first kappa shape index (κ1) is 64.8. The number of hydrogen-bond donors (Lipinski definition) is 4. The van der Waals surface area contributed by atoms with Crippen molar-refractivity contribution in [2.24, 2.45) is 0 Å². The van der Waals surface area contributed by atoms with Crippen molar-refractivity contribution in [3.63, 3.8) is 0 Å². The van der Waals surface area contributed by atoms with E-state index in [9.17, 15) is 33.1 Å². The van der Waals surface area contributed by atoms with E-state index in [1.165, 1.54) is 57.8 Å². The highest BCUT2D eigenvalue weighted by atomic mass is 32.3. The van der Waals surface area contributed by atoms with Crippen molar-refractivity contribution in [3.8, 4) is 0 Å². The molecule has 0 saturated carbocycles. The lowest BCUT2D eigenvalue weighted by Crippen LogP contribution is -2.60. The summed E-state index contributed by atoms with van der Waals surface area (Å²) in [7, 11) is -5.08. The number of aliphatic hydroxyl groups is 3. The Labute approximate surface area is 424 Å². The number of rotatable bonds is 45. The number of aliphatic hydroxyl groups excluding tert-OH is 3. The van der Waals surface area contributed by atoms with Gasteiger partial charge in [0.05, 0.1) is 19.8 Å². The summed E-state index contributed by atoms with van der Waals surface area (Å²) >= 11 is 0. The minimum Gasteiger partial charge on any atom is -0.457 e. The number of unbranched alkanes of at least 4 members (excludes halogenated alkanes) is 14. The molecule has 1 saturated heterocycles. The van der Waals surface area contributed by atoms with Crippen LogP contribution in [-0.2, 0) is 38.3 Å². The predicted molar refractivity (Wildman–Crippen MR) is 284 cm³/mol. The lowest BCUT2D eigenvalue weighted by atomic mass is 9.99. The molecule has 0 spiro atoms. The highest BCUT2D eigenvalue weighted by Gasteiger charge is 2.48. The van der Waals surface area contributed by atoms with Gasteiger partial charge in [0, 0.05) is 13.0 Å². The van der Waals surface area contributed by atoms with Gasteiger partial charge in [-0.05, 0) is 103 Å². The molecule has 0 aromatic rings. The van der Waals surface area contributed by atoms with Crippen LogP contribution in [-0.4, -0.2) is 97.5 Å². The molecule has 0 radical (unpaired) electrons. The summed E-state index contributed by atoms with van der Waals surface area (Å²) in [6.45, 7) is 3.73. The summed E-state index contributed by atoms with van der Waals surface area (Å²) in [5, 5.41) is 30.8. The third-order valence-electron chi connectivity index (χ3n) is 11.4. The van der Waals surface area contributed by atoms with Crippen molar-refractivity contribution in [2.45, 2.75) is 218 Å². The molecule has 0 aliphatic carbocycles. The van der Waals surface area contributed by atoms with Crippen LogP contribution in [0.2, 0.25) is 0 Å². The van der Waals surface area contributed by atoms with Crippen molar-refractivity contribution in [1.82, 2.24) is 0 Å². The van der Waals surface area contributed by atoms with Crippen LogP contribution in [0, 0.1) is 0 Å². The third kappa shape index (κ3) is 39.4. The van der Waals surface area contributed by atoms with Crippen LogP contribution in [0.25, 0.3) is 0 Å². The average molecular weight is 1000 g/mol. The summed E-state index contributed by atoms with van der Waals surface area (Å²) in [6, 6.07) is 0. The fourth-order valence-electron chi connectivity index (χ4n) is 7.39. The van der Waals surface area contributed by atoms with E-state index in [4.69, 9.17) is 18.9 Å². The molecule has 12 nitrogen and oxygen atoms in total. The van der Waals surface area contributed by atoms with Gasteiger partial charge in [-0.2, -0.15) is 8.42 Å². The Morgan fingerprint density at radius 3 is 1.44 bits per heavy atom. The number of carbonyl (C=O) groups is 1. The van der Waals surface area contributed by atoms with Crippen LogP contribution >= 0.6 is 0 Å². The SMILES string of the molecule is CC/C=C\C/C=C\C/C=C\C/C=C\C/C=C\C/C=C\C/C=C\CCCCOCC(COC1OC(CO)C(O)C(OS(=O)(=O)O)C1O)OC(=O)CCCCCCCCCCC/C=C\C/C=C\CCCCC. The Morgan fingerprint density at radius 2 is 0.986 bits per heavy atom. The molecular weight excluding hydrogens is 909 g/mol. The summed E-state index contributed by atoms with van der Waals surface area (Å²) in [4.78, 5) is 12.9. The van der Waals surface area contributed by atoms with Crippen LogP contribution in [0.1, 0.15) is 181 Å². The second-order valence-electron chi connectivity index (χ2n) is 17.7. The maximum absolute atomic E-state index is 12.9. The van der Waals surface area contributed by atoms with Gasteiger partial charge < -0.3 is 34.3 Å². The fraction of sp³-hybridized carbons (Fsp3) is 0.667. The smallest absolute Gasteiger partial charge is 0.397 e. The van der Waals surface area contributed by atoms with Crippen molar-refractivity contribution in [2.75, 3.05) is 26.4 Å². The van der Waals surface area contributed by atoms with Crippen LogP contribution in [0.4, 0.5) is 0 Å². The van der Waals surface area contributed by atoms with Gasteiger partial charge in [0.15, 0.2) is 6.29 Å². The van der Waals surface area contributed by atoms with Crippen LogP contribution in [0.15, 0.2) is 109 Å². The van der Waals surface area contributed by atoms with Crippen molar-refractivity contribution in [3.05, 3.63) is 109 Å². The van der Waals surface area contributed by atoms with E-state index in [1.54, 1.807) is 0 Å². The average Bonchev–Trinajstić information content (AvgIpc) is 3.34. The zero-order valence-electron chi connectivity index (χ0n) is 43.0. The second kappa shape index (κ2) is 46.8. The maximum atomic E-state index is 12.9. The van der Waals surface area contributed by atoms with Gasteiger partial charge in [-0.25, -0.2) is 4.18 Å². The van der Waals surface area contributed by atoms with E-state index in [-0.39, 0.29) is 19.6 Å². The molecular formula is C57H94O12S. The minimum absolute atomic E-state index is 0.00307. The second-order valence-corrected chi connectivity index (χ2v) is 18.8. The molecule has 1 heterocycles. The van der Waals surface area contributed by atoms with Crippen LogP contribution < -0.4 is 0 Å². The molecule has 1 aliphatic rings. The first-order valence-corrected chi connectivity index (χ1v) is 28.0. The van der Waals surface area contributed by atoms with Gasteiger partial charge >= 0.3 is 16.4 Å². The van der Waals surface area contributed by atoms with Crippen LogP contribution in [0.3, 0.4) is 0 Å². The first-order chi connectivity index (χ1) is 34.1. The molecule has 70 heavy (non-hydrogen) atoms. The molecule has 0 amide bonds. The number of ether oxygens (including phenoxy) is 4.